The molecule has 1 aromatic heterocycles. The predicted octanol–water partition coefficient (Wildman–Crippen LogP) is 1.34. The maximum absolute atomic E-state index is 12.7. The molecule has 2 N–H and O–H groups in total. The van der Waals surface area contributed by atoms with Gasteiger partial charge in [0.2, 0.25) is 11.7 Å². The average Bonchev–Trinajstić information content (AvgIpc) is 2.79. The molecule has 0 atom stereocenters. The highest BCUT2D eigenvalue weighted by Gasteiger charge is 2.24. The van der Waals surface area contributed by atoms with E-state index < -0.39 is 29.6 Å². The van der Waals surface area contributed by atoms with Gasteiger partial charge in [0.25, 0.3) is 5.56 Å². The van der Waals surface area contributed by atoms with Crippen molar-refractivity contribution in [1.29, 1.82) is 0 Å². The van der Waals surface area contributed by atoms with Crippen molar-refractivity contribution in [3.05, 3.63) is 56.2 Å². The van der Waals surface area contributed by atoms with E-state index in [-0.39, 0.29) is 35.3 Å². The van der Waals surface area contributed by atoms with Gasteiger partial charge < -0.3 is 15.4 Å². The van der Waals surface area contributed by atoms with Gasteiger partial charge in [-0.2, -0.15) is 0 Å². The lowest BCUT2D eigenvalue weighted by molar-refractivity contribution is -0.119. The van der Waals surface area contributed by atoms with Crippen molar-refractivity contribution in [3.63, 3.8) is 0 Å². The fourth-order valence-electron chi connectivity index (χ4n) is 3.73. The van der Waals surface area contributed by atoms with E-state index >= 15 is 0 Å². The molecule has 0 spiro atoms. The third-order valence-electron chi connectivity index (χ3n) is 5.48. The number of Topliss-reactive ketones (excluding diaryl/α,β-unsaturated/α-hetero) is 1. The van der Waals surface area contributed by atoms with Crippen LogP contribution in [0, 0.1) is 5.92 Å². The number of esters is 1. The number of benzene rings is 1. The Morgan fingerprint density at radius 1 is 1.09 bits per heavy atom. The standard InChI is InChI=1S/C23H28N4O6/c1-14(2)12-27-20(24)19(21(30)25(3)23(27)32)17(28)13-33-22(31)15-7-9-16(10-8-15)26-11-5-4-6-18(26)29/h7-10,14H,4-6,11-13,24H2,1-3H3. The van der Waals surface area contributed by atoms with Gasteiger partial charge in [0.1, 0.15) is 11.4 Å². The first-order chi connectivity index (χ1) is 15.6. The van der Waals surface area contributed by atoms with Crippen LogP contribution in [-0.4, -0.2) is 39.9 Å². The van der Waals surface area contributed by atoms with Crippen molar-refractivity contribution in [2.24, 2.45) is 13.0 Å². The van der Waals surface area contributed by atoms with Crippen LogP contribution in [0.25, 0.3) is 0 Å². The summed E-state index contributed by atoms with van der Waals surface area (Å²) in [5.74, 6) is -1.71. The molecule has 3 rings (SSSR count). The second-order valence-corrected chi connectivity index (χ2v) is 8.46. The van der Waals surface area contributed by atoms with E-state index in [2.05, 4.69) is 0 Å². The van der Waals surface area contributed by atoms with Crippen LogP contribution in [0.15, 0.2) is 33.9 Å². The number of piperidine rings is 1. The Morgan fingerprint density at radius 2 is 1.76 bits per heavy atom. The van der Waals surface area contributed by atoms with Gasteiger partial charge in [-0.15, -0.1) is 0 Å². The minimum absolute atomic E-state index is 0.0418. The maximum atomic E-state index is 12.7. The highest BCUT2D eigenvalue weighted by atomic mass is 16.5. The quantitative estimate of drug-likeness (QED) is 0.491. The van der Waals surface area contributed by atoms with Crippen molar-refractivity contribution in [1.82, 2.24) is 9.13 Å². The van der Waals surface area contributed by atoms with Crippen LogP contribution in [-0.2, 0) is 23.1 Å². The molecule has 10 nitrogen and oxygen atoms in total. The summed E-state index contributed by atoms with van der Waals surface area (Å²) >= 11 is 0. The number of amides is 1. The number of rotatable bonds is 7. The summed E-state index contributed by atoms with van der Waals surface area (Å²) in [7, 11) is 1.26. The van der Waals surface area contributed by atoms with Gasteiger partial charge in [-0.3, -0.25) is 23.5 Å². The zero-order valence-electron chi connectivity index (χ0n) is 19.0. The second-order valence-electron chi connectivity index (χ2n) is 8.46. The molecule has 2 heterocycles. The molecule has 1 saturated heterocycles. The van der Waals surface area contributed by atoms with Crippen LogP contribution < -0.4 is 21.9 Å². The number of hydrogen-bond acceptors (Lipinski definition) is 7. The summed E-state index contributed by atoms with van der Waals surface area (Å²) in [5.41, 5.74) is 5.02. The van der Waals surface area contributed by atoms with Crippen LogP contribution in [0.1, 0.15) is 53.8 Å². The summed E-state index contributed by atoms with van der Waals surface area (Å²) in [4.78, 5) is 63.7. The topological polar surface area (TPSA) is 134 Å². The van der Waals surface area contributed by atoms with Crippen molar-refractivity contribution in [2.45, 2.75) is 39.7 Å². The zero-order chi connectivity index (χ0) is 24.3. The number of ketones is 1. The third-order valence-corrected chi connectivity index (χ3v) is 5.48. The van der Waals surface area contributed by atoms with Crippen molar-refractivity contribution in [3.8, 4) is 0 Å². The molecule has 10 heteroatoms. The molecule has 2 aromatic rings. The van der Waals surface area contributed by atoms with E-state index in [0.29, 0.717) is 18.7 Å². The lowest BCUT2D eigenvalue weighted by atomic mass is 10.1. The molecule has 1 aromatic carbocycles. The Balaban J connectivity index is 1.74. The predicted molar refractivity (Wildman–Crippen MR) is 122 cm³/mol. The van der Waals surface area contributed by atoms with Crippen LogP contribution in [0.3, 0.4) is 0 Å². The maximum Gasteiger partial charge on any atom is 0.338 e. The monoisotopic (exact) mass is 456 g/mol. The van der Waals surface area contributed by atoms with E-state index in [1.807, 2.05) is 13.8 Å². The number of carbonyl (C=O) groups excluding carboxylic acids is 3. The Bertz CT molecular complexity index is 1190. The molecule has 0 aliphatic carbocycles. The molecule has 0 saturated carbocycles. The second kappa shape index (κ2) is 9.85. The molecule has 33 heavy (non-hydrogen) atoms. The molecule has 1 aliphatic heterocycles. The lowest BCUT2D eigenvalue weighted by Gasteiger charge is -2.26. The molecule has 0 radical (unpaired) electrons. The largest absolute Gasteiger partial charge is 0.454 e. The highest BCUT2D eigenvalue weighted by molar-refractivity contribution is 6.02. The normalized spacial score (nSPS) is 13.9. The number of ether oxygens (including phenoxy) is 1. The highest BCUT2D eigenvalue weighted by Crippen LogP contribution is 2.21. The van der Waals surface area contributed by atoms with E-state index in [1.165, 1.54) is 23.7 Å². The summed E-state index contributed by atoms with van der Waals surface area (Å²) in [5, 5.41) is 0. The first-order valence-corrected chi connectivity index (χ1v) is 10.8. The van der Waals surface area contributed by atoms with Crippen molar-refractivity contribution in [2.75, 3.05) is 23.8 Å². The number of nitrogen functional groups attached to an aromatic ring is 1. The lowest BCUT2D eigenvalue weighted by Crippen LogP contribution is -2.43. The summed E-state index contributed by atoms with van der Waals surface area (Å²) in [6.45, 7) is 3.89. The Labute approximate surface area is 190 Å². The Morgan fingerprint density at radius 3 is 2.36 bits per heavy atom. The van der Waals surface area contributed by atoms with Crippen molar-refractivity contribution < 1.29 is 19.1 Å². The smallest absolute Gasteiger partial charge is 0.338 e. The molecule has 0 unspecified atom stereocenters. The Kier molecular flexibility index (Phi) is 7.15. The molecular formula is C23H28N4O6. The summed E-state index contributed by atoms with van der Waals surface area (Å²) < 4.78 is 7.07. The first kappa shape index (κ1) is 24.0. The van der Waals surface area contributed by atoms with Gasteiger partial charge in [-0.1, -0.05) is 13.8 Å². The van der Waals surface area contributed by atoms with Gasteiger partial charge in [-0.25, -0.2) is 9.59 Å². The molecular weight excluding hydrogens is 428 g/mol. The average molecular weight is 456 g/mol. The summed E-state index contributed by atoms with van der Waals surface area (Å²) in [6, 6.07) is 6.33. The summed E-state index contributed by atoms with van der Waals surface area (Å²) in [6.07, 6.45) is 2.29. The van der Waals surface area contributed by atoms with E-state index in [0.717, 1.165) is 17.4 Å². The van der Waals surface area contributed by atoms with Gasteiger partial charge in [0.15, 0.2) is 6.61 Å². The number of nitrogens with zero attached hydrogens (tertiary/aromatic N) is 3. The first-order valence-electron chi connectivity index (χ1n) is 10.8. The van der Waals surface area contributed by atoms with Crippen LogP contribution in [0.5, 0.6) is 0 Å². The minimum atomic E-state index is -0.839. The van der Waals surface area contributed by atoms with E-state index in [9.17, 15) is 24.0 Å². The Hall–Kier alpha value is -3.69. The number of anilines is 2. The molecule has 0 bridgehead atoms. The number of hydrogen-bond donors (Lipinski definition) is 1. The molecule has 1 amide bonds. The van der Waals surface area contributed by atoms with E-state index in [4.69, 9.17) is 10.5 Å². The van der Waals surface area contributed by atoms with Crippen molar-refractivity contribution >= 4 is 29.2 Å². The fraction of sp³-hybridized carbons (Fsp3) is 0.435. The van der Waals surface area contributed by atoms with Gasteiger partial charge in [0, 0.05) is 32.2 Å². The number of aromatic nitrogens is 2. The minimum Gasteiger partial charge on any atom is -0.454 e. The van der Waals surface area contributed by atoms with Crippen LogP contribution in [0.2, 0.25) is 0 Å². The van der Waals surface area contributed by atoms with Gasteiger partial charge in [-0.05, 0) is 43.0 Å². The van der Waals surface area contributed by atoms with Crippen LogP contribution in [0.4, 0.5) is 11.5 Å². The van der Waals surface area contributed by atoms with Crippen LogP contribution >= 0.6 is 0 Å². The molecule has 176 valence electrons. The molecule has 1 aliphatic rings. The van der Waals surface area contributed by atoms with Gasteiger partial charge in [0.05, 0.1) is 5.56 Å². The van der Waals surface area contributed by atoms with E-state index in [1.54, 1.807) is 17.0 Å². The fourth-order valence-corrected chi connectivity index (χ4v) is 3.73. The third kappa shape index (κ3) is 5.05. The molecule has 1 fully saturated rings. The number of nitrogens with two attached hydrogens (primary N) is 1. The zero-order valence-corrected chi connectivity index (χ0v) is 19.0. The SMILES string of the molecule is CC(C)Cn1c(N)c(C(=O)COC(=O)c2ccc(N3CCCCC3=O)cc2)c(=O)n(C)c1=O. The van der Waals surface area contributed by atoms with Gasteiger partial charge >= 0.3 is 11.7 Å². The number of carbonyl (C=O) groups is 3.